The van der Waals surface area contributed by atoms with Crippen LogP contribution in [0.3, 0.4) is 0 Å². The standard InChI is InChI=1S/C17H25N3/c1-2-20-16-9-7-14(12-18)11-15(16)19-17(20)10-8-13-5-3-4-6-13/h7,9,11,13H,2-6,8,10,12,18H2,1H3. The second-order valence-corrected chi connectivity index (χ2v) is 5.99. The zero-order chi connectivity index (χ0) is 13.9. The fourth-order valence-corrected chi connectivity index (χ4v) is 3.53. The lowest BCUT2D eigenvalue weighted by Gasteiger charge is -2.09. The SMILES string of the molecule is CCn1c(CCC2CCCC2)nc2cc(CN)ccc21. The summed E-state index contributed by atoms with van der Waals surface area (Å²) in [7, 11) is 0. The second kappa shape index (κ2) is 5.96. The molecule has 1 aliphatic carbocycles. The van der Waals surface area contributed by atoms with Crippen LogP contribution in [0.4, 0.5) is 0 Å². The molecule has 0 atom stereocenters. The molecule has 0 unspecified atom stereocenters. The van der Waals surface area contributed by atoms with Gasteiger partial charge in [0.05, 0.1) is 11.0 Å². The van der Waals surface area contributed by atoms with Gasteiger partial charge in [-0.2, -0.15) is 0 Å². The molecule has 0 amide bonds. The number of rotatable bonds is 5. The zero-order valence-corrected chi connectivity index (χ0v) is 12.4. The summed E-state index contributed by atoms with van der Waals surface area (Å²) in [6, 6.07) is 6.44. The van der Waals surface area contributed by atoms with E-state index >= 15 is 0 Å². The molecule has 1 aliphatic rings. The highest BCUT2D eigenvalue weighted by molar-refractivity contribution is 5.77. The molecule has 1 heterocycles. The minimum absolute atomic E-state index is 0.590. The molecule has 0 spiro atoms. The Labute approximate surface area is 121 Å². The lowest BCUT2D eigenvalue weighted by Crippen LogP contribution is -2.04. The molecule has 1 aromatic carbocycles. The maximum atomic E-state index is 5.73. The molecular formula is C17H25N3. The first-order valence-corrected chi connectivity index (χ1v) is 8.00. The topological polar surface area (TPSA) is 43.8 Å². The Balaban J connectivity index is 1.84. The molecule has 3 nitrogen and oxygen atoms in total. The lowest BCUT2D eigenvalue weighted by molar-refractivity contribution is 0.491. The van der Waals surface area contributed by atoms with Crippen LogP contribution in [0, 0.1) is 5.92 Å². The van der Waals surface area contributed by atoms with Crippen LogP contribution in [0.25, 0.3) is 11.0 Å². The summed E-state index contributed by atoms with van der Waals surface area (Å²) in [5, 5.41) is 0. The van der Waals surface area contributed by atoms with Gasteiger partial charge in [-0.25, -0.2) is 4.98 Å². The highest BCUT2D eigenvalue weighted by Crippen LogP contribution is 2.29. The fraction of sp³-hybridized carbons (Fsp3) is 0.588. The van der Waals surface area contributed by atoms with E-state index in [9.17, 15) is 0 Å². The summed E-state index contributed by atoms with van der Waals surface area (Å²) >= 11 is 0. The summed E-state index contributed by atoms with van der Waals surface area (Å²) in [4.78, 5) is 4.86. The van der Waals surface area contributed by atoms with Crippen molar-refractivity contribution >= 4 is 11.0 Å². The Morgan fingerprint density at radius 2 is 2.10 bits per heavy atom. The number of nitrogens with zero attached hydrogens (tertiary/aromatic N) is 2. The third kappa shape index (κ3) is 2.59. The lowest BCUT2D eigenvalue weighted by atomic mass is 10.0. The van der Waals surface area contributed by atoms with Crippen LogP contribution in [0.2, 0.25) is 0 Å². The quantitative estimate of drug-likeness (QED) is 0.902. The summed E-state index contributed by atoms with van der Waals surface area (Å²) < 4.78 is 2.37. The fourth-order valence-electron chi connectivity index (χ4n) is 3.53. The monoisotopic (exact) mass is 271 g/mol. The van der Waals surface area contributed by atoms with Gasteiger partial charge in [-0.1, -0.05) is 31.7 Å². The van der Waals surface area contributed by atoms with Crippen LogP contribution in [0.1, 0.15) is 50.4 Å². The van der Waals surface area contributed by atoms with E-state index in [1.54, 1.807) is 0 Å². The highest BCUT2D eigenvalue weighted by Gasteiger charge is 2.17. The number of hydrogen-bond donors (Lipinski definition) is 1. The number of aryl methyl sites for hydroxylation is 2. The van der Waals surface area contributed by atoms with E-state index < -0.39 is 0 Å². The summed E-state index contributed by atoms with van der Waals surface area (Å²) in [5.41, 5.74) is 9.26. The van der Waals surface area contributed by atoms with Crippen molar-refractivity contribution in [2.45, 2.75) is 58.5 Å². The predicted molar refractivity (Wildman–Crippen MR) is 83.6 cm³/mol. The number of nitrogens with two attached hydrogens (primary N) is 1. The van der Waals surface area contributed by atoms with E-state index in [4.69, 9.17) is 10.7 Å². The Bertz CT molecular complexity index is 579. The van der Waals surface area contributed by atoms with Gasteiger partial charge in [0.25, 0.3) is 0 Å². The van der Waals surface area contributed by atoms with Gasteiger partial charge in [0.15, 0.2) is 0 Å². The molecule has 3 rings (SSSR count). The number of benzene rings is 1. The molecule has 0 saturated heterocycles. The molecule has 1 fully saturated rings. The molecule has 1 saturated carbocycles. The molecule has 20 heavy (non-hydrogen) atoms. The molecule has 2 N–H and O–H groups in total. The van der Waals surface area contributed by atoms with E-state index in [1.807, 2.05) is 0 Å². The van der Waals surface area contributed by atoms with Gasteiger partial charge in [-0.15, -0.1) is 0 Å². The van der Waals surface area contributed by atoms with Crippen molar-refractivity contribution in [2.75, 3.05) is 0 Å². The predicted octanol–water partition coefficient (Wildman–Crippen LogP) is 3.64. The summed E-state index contributed by atoms with van der Waals surface area (Å²) in [6.45, 7) is 3.79. The second-order valence-electron chi connectivity index (χ2n) is 5.99. The number of aromatic nitrogens is 2. The largest absolute Gasteiger partial charge is 0.328 e. The minimum Gasteiger partial charge on any atom is -0.328 e. The van der Waals surface area contributed by atoms with Gasteiger partial charge in [-0.05, 0) is 37.0 Å². The normalized spacial score (nSPS) is 16.3. The summed E-state index contributed by atoms with van der Waals surface area (Å²) in [6.07, 6.45) is 8.11. The van der Waals surface area contributed by atoms with Crippen molar-refractivity contribution in [3.63, 3.8) is 0 Å². The van der Waals surface area contributed by atoms with Crippen molar-refractivity contribution in [1.29, 1.82) is 0 Å². The van der Waals surface area contributed by atoms with E-state index in [1.165, 1.54) is 49.0 Å². The van der Waals surface area contributed by atoms with Gasteiger partial charge in [0.1, 0.15) is 5.82 Å². The van der Waals surface area contributed by atoms with E-state index in [0.717, 1.165) is 24.4 Å². The van der Waals surface area contributed by atoms with E-state index in [0.29, 0.717) is 6.54 Å². The van der Waals surface area contributed by atoms with Crippen LogP contribution in [-0.4, -0.2) is 9.55 Å². The van der Waals surface area contributed by atoms with Gasteiger partial charge >= 0.3 is 0 Å². The molecule has 0 aliphatic heterocycles. The molecular weight excluding hydrogens is 246 g/mol. The van der Waals surface area contributed by atoms with Crippen LogP contribution in [0.15, 0.2) is 18.2 Å². The van der Waals surface area contributed by atoms with Crippen molar-refractivity contribution in [3.05, 3.63) is 29.6 Å². The van der Waals surface area contributed by atoms with Crippen LogP contribution in [0.5, 0.6) is 0 Å². The van der Waals surface area contributed by atoms with Crippen molar-refractivity contribution < 1.29 is 0 Å². The Morgan fingerprint density at radius 1 is 1.30 bits per heavy atom. The van der Waals surface area contributed by atoms with Gasteiger partial charge in [0.2, 0.25) is 0 Å². The maximum Gasteiger partial charge on any atom is 0.109 e. The Kier molecular flexibility index (Phi) is 4.06. The Morgan fingerprint density at radius 3 is 2.80 bits per heavy atom. The maximum absolute atomic E-state index is 5.73. The van der Waals surface area contributed by atoms with Gasteiger partial charge < -0.3 is 10.3 Å². The third-order valence-corrected chi connectivity index (χ3v) is 4.69. The molecule has 3 heteroatoms. The van der Waals surface area contributed by atoms with Crippen LogP contribution < -0.4 is 5.73 Å². The molecule has 1 aromatic heterocycles. The van der Waals surface area contributed by atoms with E-state index in [-0.39, 0.29) is 0 Å². The van der Waals surface area contributed by atoms with Crippen molar-refractivity contribution in [3.8, 4) is 0 Å². The number of imidazole rings is 1. The average Bonchev–Trinajstić information content (AvgIpc) is 3.10. The molecule has 2 aromatic rings. The smallest absolute Gasteiger partial charge is 0.109 e. The van der Waals surface area contributed by atoms with Gasteiger partial charge in [-0.3, -0.25) is 0 Å². The van der Waals surface area contributed by atoms with Gasteiger partial charge in [0, 0.05) is 19.5 Å². The van der Waals surface area contributed by atoms with Crippen LogP contribution >= 0.6 is 0 Å². The van der Waals surface area contributed by atoms with Crippen molar-refractivity contribution in [1.82, 2.24) is 9.55 Å². The number of fused-ring (bicyclic) bond motifs is 1. The first kappa shape index (κ1) is 13.6. The van der Waals surface area contributed by atoms with E-state index in [2.05, 4.69) is 29.7 Å². The first-order chi connectivity index (χ1) is 9.81. The molecule has 0 bridgehead atoms. The third-order valence-electron chi connectivity index (χ3n) is 4.69. The minimum atomic E-state index is 0.590. The first-order valence-electron chi connectivity index (χ1n) is 8.00. The zero-order valence-electron chi connectivity index (χ0n) is 12.4. The highest BCUT2D eigenvalue weighted by atomic mass is 15.1. The molecule has 0 radical (unpaired) electrons. The van der Waals surface area contributed by atoms with Crippen LogP contribution in [-0.2, 0) is 19.5 Å². The van der Waals surface area contributed by atoms with Crippen molar-refractivity contribution in [2.24, 2.45) is 11.7 Å². The summed E-state index contributed by atoms with van der Waals surface area (Å²) in [5.74, 6) is 2.18. The average molecular weight is 271 g/mol. The molecule has 108 valence electrons. The number of hydrogen-bond acceptors (Lipinski definition) is 2. The Hall–Kier alpha value is -1.35.